The van der Waals surface area contributed by atoms with Crippen LogP contribution in [0, 0.1) is 6.07 Å². The van der Waals surface area contributed by atoms with Gasteiger partial charge in [0.25, 0.3) is 0 Å². The second kappa shape index (κ2) is 7.62. The maximum absolute atomic E-state index is 7.05. The van der Waals surface area contributed by atoms with Gasteiger partial charge in [-0.25, -0.2) is 0 Å². The Morgan fingerprint density at radius 2 is 2.10 bits per heavy atom. The second-order valence-electron chi connectivity index (χ2n) is 4.89. The summed E-state index contributed by atoms with van der Waals surface area (Å²) < 4.78 is 0. The van der Waals surface area contributed by atoms with Crippen LogP contribution in [0.25, 0.3) is 0 Å². The summed E-state index contributed by atoms with van der Waals surface area (Å²) in [4.78, 5) is 0.920. The first-order valence-electron chi connectivity index (χ1n) is 6.91. The molecule has 2 N–H and O–H groups in total. The van der Waals surface area contributed by atoms with Crippen molar-refractivity contribution in [3.05, 3.63) is 59.2 Å². The van der Waals surface area contributed by atoms with Crippen molar-refractivity contribution in [3.63, 3.8) is 0 Å². The van der Waals surface area contributed by atoms with E-state index in [0.717, 1.165) is 42.8 Å². The third-order valence-electron chi connectivity index (χ3n) is 3.35. The van der Waals surface area contributed by atoms with Crippen LogP contribution in [0.3, 0.4) is 0 Å². The van der Waals surface area contributed by atoms with E-state index in [4.69, 9.17) is 17.5 Å². The van der Waals surface area contributed by atoms with Gasteiger partial charge in [0, 0.05) is 13.0 Å². The van der Waals surface area contributed by atoms with Crippen molar-refractivity contribution >= 4 is 17.2 Å². The van der Waals surface area contributed by atoms with Gasteiger partial charge in [0.1, 0.15) is 5.56 Å². The first kappa shape index (κ1) is 14.5. The molecule has 3 heteroatoms. The van der Waals surface area contributed by atoms with E-state index in [0.29, 0.717) is 0 Å². The molecule has 1 aromatic rings. The highest BCUT2D eigenvalue weighted by atomic mass is 32.1. The lowest BCUT2D eigenvalue weighted by Crippen LogP contribution is -2.24. The Kier molecular flexibility index (Phi) is 5.52. The molecule has 0 saturated carbocycles. The molecule has 0 aromatic heterocycles. The third-order valence-corrected chi connectivity index (χ3v) is 3.70. The van der Waals surface area contributed by atoms with Gasteiger partial charge in [0.05, 0.1) is 4.99 Å². The highest BCUT2D eigenvalue weighted by Crippen LogP contribution is 2.11. The average molecular weight is 283 g/mol. The SMILES string of the molecule is [NH+]#Cc1ccc(CCC(=S)NCC2=CC=CCC2)cc1. The van der Waals surface area contributed by atoms with Gasteiger partial charge in [-0.15, -0.1) is 0 Å². The predicted molar refractivity (Wildman–Crippen MR) is 85.8 cm³/mol. The first-order chi connectivity index (χ1) is 9.78. The van der Waals surface area contributed by atoms with Crippen LogP contribution >= 0.6 is 12.2 Å². The molecule has 0 unspecified atom stereocenters. The largest absolute Gasteiger partial charge is 0.376 e. The van der Waals surface area contributed by atoms with E-state index < -0.39 is 0 Å². The zero-order chi connectivity index (χ0) is 14.2. The van der Waals surface area contributed by atoms with E-state index in [2.05, 4.69) is 29.6 Å². The summed E-state index contributed by atoms with van der Waals surface area (Å²) in [5, 5.41) is 10.4. The molecule has 0 heterocycles. The molecule has 20 heavy (non-hydrogen) atoms. The van der Waals surface area contributed by atoms with Crippen LogP contribution in [0.15, 0.2) is 48.1 Å². The Morgan fingerprint density at radius 3 is 2.75 bits per heavy atom. The third kappa shape index (κ3) is 4.64. The van der Waals surface area contributed by atoms with Crippen LogP contribution in [0.5, 0.6) is 0 Å². The molecule has 0 bridgehead atoms. The van der Waals surface area contributed by atoms with E-state index in [1.54, 1.807) is 0 Å². The molecule has 0 aliphatic heterocycles. The number of nitrogens with one attached hydrogen (secondary N) is 2. The topological polar surface area (TPSA) is 35.8 Å². The lowest BCUT2D eigenvalue weighted by Gasteiger charge is -2.12. The van der Waals surface area contributed by atoms with Crippen LogP contribution < -0.4 is 10.6 Å². The van der Waals surface area contributed by atoms with Crippen molar-refractivity contribution in [2.75, 3.05) is 6.54 Å². The molecule has 0 spiro atoms. The van der Waals surface area contributed by atoms with E-state index in [-0.39, 0.29) is 0 Å². The van der Waals surface area contributed by atoms with Gasteiger partial charge in [0.15, 0.2) is 0 Å². The van der Waals surface area contributed by atoms with E-state index in [1.807, 2.05) is 24.3 Å². The lowest BCUT2D eigenvalue weighted by molar-refractivity contribution is -0.0909. The minimum atomic E-state index is 0.812. The molecule has 1 aromatic carbocycles. The number of hydrogen-bond acceptors (Lipinski definition) is 1. The maximum Gasteiger partial charge on any atom is 0.308 e. The Labute approximate surface area is 125 Å². The fourth-order valence-electron chi connectivity index (χ4n) is 2.11. The number of allylic oxidation sites excluding steroid dienone is 3. The van der Waals surface area contributed by atoms with Gasteiger partial charge in [-0.2, -0.15) is 0 Å². The molecule has 1 aliphatic carbocycles. The summed E-state index contributed by atoms with van der Waals surface area (Å²) in [7, 11) is 0. The molecule has 102 valence electrons. The fourth-order valence-corrected chi connectivity index (χ4v) is 2.29. The molecular formula is C17H19N2S+. The Bertz CT molecular complexity index is 562. The van der Waals surface area contributed by atoms with Crippen molar-refractivity contribution in [2.24, 2.45) is 0 Å². The molecule has 2 rings (SSSR count). The van der Waals surface area contributed by atoms with Crippen molar-refractivity contribution in [2.45, 2.75) is 25.7 Å². The Morgan fingerprint density at radius 1 is 1.30 bits per heavy atom. The molecule has 2 nitrogen and oxygen atoms in total. The summed E-state index contributed by atoms with van der Waals surface area (Å²) >= 11 is 5.37. The van der Waals surface area contributed by atoms with Gasteiger partial charge in [-0.05, 0) is 37.0 Å². The van der Waals surface area contributed by atoms with Crippen LogP contribution in [0.4, 0.5) is 0 Å². The molecule has 0 radical (unpaired) electrons. The van der Waals surface area contributed by atoms with Gasteiger partial charge < -0.3 is 5.32 Å². The normalized spacial score (nSPS) is 13.4. The number of benzene rings is 1. The smallest absolute Gasteiger partial charge is 0.308 e. The minimum absolute atomic E-state index is 0.812. The van der Waals surface area contributed by atoms with Crippen molar-refractivity contribution in [3.8, 4) is 6.07 Å². The number of hydrogen-bond donors (Lipinski definition) is 2. The van der Waals surface area contributed by atoms with Crippen LogP contribution in [-0.4, -0.2) is 11.5 Å². The second-order valence-corrected chi connectivity index (χ2v) is 5.38. The summed E-state index contributed by atoms with van der Waals surface area (Å²) in [6.07, 6.45) is 10.5. The first-order valence-corrected chi connectivity index (χ1v) is 7.32. The summed E-state index contributed by atoms with van der Waals surface area (Å²) in [5.41, 5.74) is 3.47. The molecule has 0 amide bonds. The van der Waals surface area contributed by atoms with Gasteiger partial charge in [-0.3, -0.25) is 0 Å². The monoisotopic (exact) mass is 283 g/mol. The fraction of sp³-hybridized carbons (Fsp3) is 0.294. The standard InChI is InChI=1S/C17H18N2S/c18-12-15-8-6-14(7-9-15)10-11-17(20)19-13-16-4-2-1-3-5-16/h1-2,4,6-9H,3,5,10-11,13H2,(H,19,20)/p+1. The maximum atomic E-state index is 7.05. The predicted octanol–water partition coefficient (Wildman–Crippen LogP) is 1.93. The highest BCUT2D eigenvalue weighted by Gasteiger charge is 2.02. The molecule has 0 saturated heterocycles. The molecule has 0 atom stereocenters. The van der Waals surface area contributed by atoms with Crippen molar-refractivity contribution in [1.82, 2.24) is 5.32 Å². The van der Waals surface area contributed by atoms with Crippen LogP contribution in [-0.2, 0) is 6.42 Å². The average Bonchev–Trinajstić information content (AvgIpc) is 2.52. The van der Waals surface area contributed by atoms with Gasteiger partial charge >= 0.3 is 6.07 Å². The van der Waals surface area contributed by atoms with Crippen molar-refractivity contribution in [1.29, 1.82) is 0 Å². The molecule has 0 fully saturated rings. The minimum Gasteiger partial charge on any atom is -0.376 e. The zero-order valence-corrected chi connectivity index (χ0v) is 12.3. The molecule has 1 aliphatic rings. The number of aryl methyl sites for hydroxylation is 1. The quantitative estimate of drug-likeness (QED) is 0.810. The van der Waals surface area contributed by atoms with E-state index >= 15 is 0 Å². The van der Waals surface area contributed by atoms with Gasteiger partial charge in [-0.1, -0.05) is 53.4 Å². The summed E-state index contributed by atoms with van der Waals surface area (Å²) in [5.74, 6) is 0. The van der Waals surface area contributed by atoms with E-state index in [9.17, 15) is 0 Å². The summed E-state index contributed by atoms with van der Waals surface area (Å²) in [6, 6.07) is 10.3. The van der Waals surface area contributed by atoms with Crippen LogP contribution in [0.1, 0.15) is 30.4 Å². The Balaban J connectivity index is 1.73. The zero-order valence-electron chi connectivity index (χ0n) is 11.5. The van der Waals surface area contributed by atoms with Crippen LogP contribution in [0.2, 0.25) is 0 Å². The van der Waals surface area contributed by atoms with Crippen molar-refractivity contribution < 1.29 is 5.26 Å². The lowest BCUT2D eigenvalue weighted by atomic mass is 10.1. The highest BCUT2D eigenvalue weighted by molar-refractivity contribution is 7.80. The number of rotatable bonds is 5. The molecular weight excluding hydrogens is 264 g/mol. The number of thiocarbonyl (C=S) groups is 1. The Hall–Kier alpha value is -1.92. The van der Waals surface area contributed by atoms with E-state index in [1.165, 1.54) is 11.1 Å². The van der Waals surface area contributed by atoms with Gasteiger partial charge in [0.2, 0.25) is 0 Å². The summed E-state index contributed by atoms with van der Waals surface area (Å²) in [6.45, 7) is 0.866.